The minimum atomic E-state index is -0.382. The molecule has 1 atom stereocenters. The van der Waals surface area contributed by atoms with Gasteiger partial charge in [0.05, 0.1) is 15.8 Å². The van der Waals surface area contributed by atoms with Crippen molar-refractivity contribution < 1.29 is 9.50 Å². The van der Waals surface area contributed by atoms with Crippen molar-refractivity contribution in [3.63, 3.8) is 0 Å². The molecule has 18 heavy (non-hydrogen) atoms. The van der Waals surface area contributed by atoms with E-state index in [0.717, 1.165) is 0 Å². The molecule has 0 aliphatic rings. The molecule has 0 heterocycles. The first-order chi connectivity index (χ1) is 8.25. The van der Waals surface area contributed by atoms with Crippen LogP contribution in [0.3, 0.4) is 0 Å². The molecule has 0 bridgehead atoms. The average Bonchev–Trinajstić information content (AvgIpc) is 2.23. The first kappa shape index (κ1) is 15.2. The first-order valence-electron chi connectivity index (χ1n) is 5.87. The molecule has 0 saturated carbocycles. The molecule has 5 heteroatoms. The Balaban J connectivity index is 2.97. The number of halogens is 2. The highest BCUT2D eigenvalue weighted by Crippen LogP contribution is 2.31. The van der Waals surface area contributed by atoms with E-state index < -0.39 is 0 Å². The van der Waals surface area contributed by atoms with Crippen molar-refractivity contribution in [3.8, 4) is 0 Å². The van der Waals surface area contributed by atoms with Crippen LogP contribution in [0, 0.1) is 11.2 Å². The van der Waals surface area contributed by atoms with E-state index in [2.05, 4.69) is 42.0 Å². The van der Waals surface area contributed by atoms with E-state index in [4.69, 9.17) is 10.8 Å². The normalized spacial score (nSPS) is 13.4. The number of aliphatic hydroxyl groups is 1. The molecule has 0 fully saturated rings. The zero-order valence-corrected chi connectivity index (χ0v) is 12.5. The summed E-state index contributed by atoms with van der Waals surface area (Å²) in [5.74, 6) is -0.382. The van der Waals surface area contributed by atoms with Crippen LogP contribution in [-0.4, -0.2) is 17.8 Å². The number of anilines is 2. The van der Waals surface area contributed by atoms with Gasteiger partial charge in [-0.3, -0.25) is 0 Å². The summed E-state index contributed by atoms with van der Waals surface area (Å²) in [7, 11) is 0. The van der Waals surface area contributed by atoms with Crippen LogP contribution >= 0.6 is 15.9 Å². The Hall–Kier alpha value is -0.810. The van der Waals surface area contributed by atoms with Crippen LogP contribution < -0.4 is 11.1 Å². The predicted molar refractivity (Wildman–Crippen MR) is 77.1 cm³/mol. The maximum absolute atomic E-state index is 13.3. The van der Waals surface area contributed by atoms with Crippen molar-refractivity contribution in [2.45, 2.75) is 33.2 Å². The Bertz CT molecular complexity index is 418. The minimum absolute atomic E-state index is 0.0317. The Morgan fingerprint density at radius 2 is 2.06 bits per heavy atom. The minimum Gasteiger partial charge on any atom is -0.397 e. The molecular formula is C13H20BrFN2O. The lowest BCUT2D eigenvalue weighted by atomic mass is 9.84. The van der Waals surface area contributed by atoms with Gasteiger partial charge in [0, 0.05) is 18.7 Å². The summed E-state index contributed by atoms with van der Waals surface area (Å²) < 4.78 is 13.7. The molecule has 1 aromatic rings. The van der Waals surface area contributed by atoms with Gasteiger partial charge in [0.15, 0.2) is 0 Å². The number of rotatable bonds is 4. The second kappa shape index (κ2) is 5.89. The highest BCUT2D eigenvalue weighted by molar-refractivity contribution is 9.10. The quantitative estimate of drug-likeness (QED) is 0.746. The van der Waals surface area contributed by atoms with Crippen molar-refractivity contribution >= 4 is 27.3 Å². The van der Waals surface area contributed by atoms with Gasteiger partial charge < -0.3 is 16.2 Å². The van der Waals surface area contributed by atoms with Crippen molar-refractivity contribution in [3.05, 3.63) is 22.4 Å². The van der Waals surface area contributed by atoms with Crippen LogP contribution in [0.15, 0.2) is 16.6 Å². The zero-order valence-electron chi connectivity index (χ0n) is 10.9. The highest BCUT2D eigenvalue weighted by Gasteiger charge is 2.24. The Morgan fingerprint density at radius 3 is 2.56 bits per heavy atom. The van der Waals surface area contributed by atoms with Gasteiger partial charge in [0.25, 0.3) is 0 Å². The van der Waals surface area contributed by atoms with Gasteiger partial charge in [-0.15, -0.1) is 0 Å². The smallest absolute Gasteiger partial charge is 0.139 e. The van der Waals surface area contributed by atoms with E-state index in [1.165, 1.54) is 6.07 Å². The monoisotopic (exact) mass is 318 g/mol. The van der Waals surface area contributed by atoms with Gasteiger partial charge in [0.2, 0.25) is 0 Å². The van der Waals surface area contributed by atoms with Crippen LogP contribution in [0.25, 0.3) is 0 Å². The third-order valence-corrected chi connectivity index (χ3v) is 3.49. The van der Waals surface area contributed by atoms with Crippen molar-refractivity contribution in [2.24, 2.45) is 5.41 Å². The molecule has 0 radical (unpaired) electrons. The summed E-state index contributed by atoms with van der Waals surface area (Å²) in [6, 6.07) is 2.97. The summed E-state index contributed by atoms with van der Waals surface area (Å²) in [6.45, 7) is 6.33. The number of nitrogen functional groups attached to an aromatic ring is 1. The Morgan fingerprint density at radius 1 is 1.44 bits per heavy atom. The lowest BCUT2D eigenvalue weighted by Gasteiger charge is -2.32. The molecule has 102 valence electrons. The second-order valence-corrected chi connectivity index (χ2v) is 6.28. The summed E-state index contributed by atoms with van der Waals surface area (Å²) in [5.41, 5.74) is 6.80. The van der Waals surface area contributed by atoms with Gasteiger partial charge >= 0.3 is 0 Å². The summed E-state index contributed by atoms with van der Waals surface area (Å²) in [5, 5.41) is 12.4. The Kier molecular flexibility index (Phi) is 4.99. The van der Waals surface area contributed by atoms with Crippen LogP contribution in [0.5, 0.6) is 0 Å². The number of hydrogen-bond acceptors (Lipinski definition) is 3. The lowest BCUT2D eigenvalue weighted by molar-refractivity contribution is 0.235. The molecule has 1 aromatic carbocycles. The first-order valence-corrected chi connectivity index (χ1v) is 6.67. The Labute approximate surface area is 116 Å². The maximum Gasteiger partial charge on any atom is 0.139 e. The van der Waals surface area contributed by atoms with Gasteiger partial charge in [-0.1, -0.05) is 20.8 Å². The largest absolute Gasteiger partial charge is 0.397 e. The van der Waals surface area contributed by atoms with Crippen molar-refractivity contribution in [1.82, 2.24) is 0 Å². The van der Waals surface area contributed by atoms with E-state index in [0.29, 0.717) is 22.3 Å². The standard InChI is InChI=1S/C13H20BrFN2O/c1-13(2,3)12(4-5-18)17-11-6-8(14)9(15)7-10(11)16/h6-7,12,17-18H,4-5,16H2,1-3H3. The number of hydrogen-bond donors (Lipinski definition) is 3. The fourth-order valence-corrected chi connectivity index (χ4v) is 2.07. The van der Waals surface area contributed by atoms with Crippen LogP contribution in [0.1, 0.15) is 27.2 Å². The van der Waals surface area contributed by atoms with E-state index in [9.17, 15) is 4.39 Å². The van der Waals surface area contributed by atoms with Gasteiger partial charge in [0.1, 0.15) is 5.82 Å². The summed E-state index contributed by atoms with van der Waals surface area (Å²) >= 11 is 3.14. The van der Waals surface area contributed by atoms with Crippen molar-refractivity contribution in [2.75, 3.05) is 17.7 Å². The van der Waals surface area contributed by atoms with Crippen LogP contribution in [0.4, 0.5) is 15.8 Å². The number of nitrogens with one attached hydrogen (secondary N) is 1. The third kappa shape index (κ3) is 3.85. The molecule has 0 aliphatic carbocycles. The van der Waals surface area contributed by atoms with E-state index >= 15 is 0 Å². The molecule has 3 nitrogen and oxygen atoms in total. The molecule has 1 rings (SSSR count). The fourth-order valence-electron chi connectivity index (χ4n) is 1.73. The number of benzene rings is 1. The maximum atomic E-state index is 13.3. The molecular weight excluding hydrogens is 299 g/mol. The molecule has 0 aromatic heterocycles. The third-order valence-electron chi connectivity index (χ3n) is 2.89. The average molecular weight is 319 g/mol. The zero-order chi connectivity index (χ0) is 13.9. The fraction of sp³-hybridized carbons (Fsp3) is 0.538. The second-order valence-electron chi connectivity index (χ2n) is 5.43. The summed E-state index contributed by atoms with van der Waals surface area (Å²) in [4.78, 5) is 0. The summed E-state index contributed by atoms with van der Waals surface area (Å²) in [6.07, 6.45) is 0.609. The van der Waals surface area contributed by atoms with Crippen LogP contribution in [-0.2, 0) is 0 Å². The highest BCUT2D eigenvalue weighted by atomic mass is 79.9. The predicted octanol–water partition coefficient (Wildman–Crippen LogP) is 3.38. The topological polar surface area (TPSA) is 58.3 Å². The van der Waals surface area contributed by atoms with Crippen molar-refractivity contribution in [1.29, 1.82) is 0 Å². The number of nitrogens with two attached hydrogens (primary N) is 1. The lowest BCUT2D eigenvalue weighted by Crippen LogP contribution is -2.35. The molecule has 0 spiro atoms. The van der Waals surface area contributed by atoms with E-state index in [1.54, 1.807) is 6.07 Å². The van der Waals surface area contributed by atoms with Crippen LogP contribution in [0.2, 0.25) is 0 Å². The van der Waals surface area contributed by atoms with Gasteiger partial charge in [-0.05, 0) is 33.8 Å². The molecule has 0 saturated heterocycles. The van der Waals surface area contributed by atoms with Gasteiger partial charge in [-0.25, -0.2) is 4.39 Å². The molecule has 4 N–H and O–H groups in total. The van der Waals surface area contributed by atoms with E-state index in [1.807, 2.05) is 0 Å². The van der Waals surface area contributed by atoms with Gasteiger partial charge in [-0.2, -0.15) is 0 Å². The molecule has 1 unspecified atom stereocenters. The molecule has 0 aliphatic heterocycles. The molecule has 0 amide bonds. The number of aliphatic hydroxyl groups excluding tert-OH is 1. The van der Waals surface area contributed by atoms with E-state index in [-0.39, 0.29) is 23.9 Å². The SMILES string of the molecule is CC(C)(C)C(CCO)Nc1cc(Br)c(F)cc1N.